The average molecular weight is 451 g/mol. The molecule has 1 aliphatic rings. The van der Waals surface area contributed by atoms with E-state index in [0.29, 0.717) is 18.0 Å². The Balaban J connectivity index is 1.75. The highest BCUT2D eigenvalue weighted by molar-refractivity contribution is 7.98. The Morgan fingerprint density at radius 3 is 2.87 bits per heavy atom. The minimum atomic E-state index is -0.160. The van der Waals surface area contributed by atoms with Crippen molar-refractivity contribution in [1.29, 1.82) is 0 Å². The van der Waals surface area contributed by atoms with E-state index >= 15 is 0 Å². The first-order chi connectivity index (χ1) is 15.0. The van der Waals surface area contributed by atoms with Crippen LogP contribution in [0, 0.1) is 0 Å². The van der Waals surface area contributed by atoms with Gasteiger partial charge in [-0.05, 0) is 49.1 Å². The van der Waals surface area contributed by atoms with Gasteiger partial charge in [-0.1, -0.05) is 24.3 Å². The summed E-state index contributed by atoms with van der Waals surface area (Å²) in [4.78, 5) is 18.3. The number of hydrogen-bond donors (Lipinski definition) is 1. The molecule has 0 spiro atoms. The van der Waals surface area contributed by atoms with Crippen LogP contribution >= 0.6 is 23.1 Å². The summed E-state index contributed by atoms with van der Waals surface area (Å²) >= 11 is 3.22. The summed E-state index contributed by atoms with van der Waals surface area (Å²) in [5.74, 6) is 0.501. The van der Waals surface area contributed by atoms with E-state index in [-0.39, 0.29) is 12.5 Å². The lowest BCUT2D eigenvalue weighted by Gasteiger charge is -2.18. The maximum atomic E-state index is 11.7. The number of nitrogens with zero attached hydrogens (tertiary/aromatic N) is 3. The highest BCUT2D eigenvalue weighted by atomic mass is 32.2. The van der Waals surface area contributed by atoms with Crippen LogP contribution in [0.2, 0.25) is 0 Å². The molecule has 6 nitrogen and oxygen atoms in total. The molecule has 0 saturated heterocycles. The number of anilines is 1. The molecule has 31 heavy (non-hydrogen) atoms. The average Bonchev–Trinajstić information content (AvgIpc) is 3.18. The summed E-state index contributed by atoms with van der Waals surface area (Å²) in [5.41, 5.74) is 4.42. The number of thiazole rings is 1. The van der Waals surface area contributed by atoms with E-state index in [1.54, 1.807) is 11.8 Å². The Kier molecular flexibility index (Phi) is 6.39. The normalized spacial score (nSPS) is 13.7. The molecule has 0 fully saturated rings. The molecule has 0 saturated carbocycles. The summed E-state index contributed by atoms with van der Waals surface area (Å²) in [6.45, 7) is 6.46. The molecule has 2 aromatic carbocycles. The van der Waals surface area contributed by atoms with Gasteiger partial charge in [0.15, 0.2) is 6.61 Å². The van der Waals surface area contributed by atoms with E-state index in [9.17, 15) is 4.79 Å². The number of amides is 1. The van der Waals surface area contributed by atoms with Gasteiger partial charge in [-0.3, -0.25) is 9.79 Å². The van der Waals surface area contributed by atoms with E-state index in [1.165, 1.54) is 16.2 Å². The Morgan fingerprint density at radius 2 is 2.13 bits per heavy atom. The van der Waals surface area contributed by atoms with Crippen molar-refractivity contribution in [2.45, 2.75) is 11.8 Å². The van der Waals surface area contributed by atoms with Crippen molar-refractivity contribution < 1.29 is 9.53 Å². The highest BCUT2D eigenvalue weighted by Gasteiger charge is 2.17. The quantitative estimate of drug-likeness (QED) is 0.338. The van der Waals surface area contributed by atoms with Gasteiger partial charge in [-0.25, -0.2) is 4.68 Å². The van der Waals surface area contributed by atoms with Crippen molar-refractivity contribution in [3.05, 3.63) is 70.4 Å². The molecule has 1 N–H and O–H groups in total. The van der Waals surface area contributed by atoms with E-state index in [1.807, 2.05) is 53.5 Å². The first kappa shape index (κ1) is 21.1. The van der Waals surface area contributed by atoms with Crippen LogP contribution in [-0.2, 0) is 4.79 Å². The number of carbonyl (C=O) groups is 1. The zero-order chi connectivity index (χ0) is 21.8. The molecule has 4 rings (SSSR count). The minimum absolute atomic E-state index is 0.0361. The number of ether oxygens (including phenoxy) is 1. The Labute approximate surface area is 189 Å². The summed E-state index contributed by atoms with van der Waals surface area (Å²) in [5, 5.41) is 9.60. The number of nitrogens with one attached hydrogen (secondary N) is 1. The van der Waals surface area contributed by atoms with Gasteiger partial charge in [0.25, 0.3) is 5.91 Å². The number of aromatic nitrogens is 1. The third kappa shape index (κ3) is 4.98. The van der Waals surface area contributed by atoms with Crippen LogP contribution in [0.25, 0.3) is 11.3 Å². The first-order valence-corrected chi connectivity index (χ1v) is 11.7. The van der Waals surface area contributed by atoms with Gasteiger partial charge in [0.1, 0.15) is 5.75 Å². The highest BCUT2D eigenvalue weighted by Crippen LogP contribution is 2.32. The smallest absolute Gasteiger partial charge is 0.262 e. The van der Waals surface area contributed by atoms with Crippen molar-refractivity contribution >= 4 is 40.9 Å². The van der Waals surface area contributed by atoms with Crippen LogP contribution in [-0.4, -0.2) is 36.2 Å². The van der Waals surface area contributed by atoms with E-state index in [0.717, 1.165) is 27.2 Å². The van der Waals surface area contributed by atoms with Crippen LogP contribution < -0.4 is 14.9 Å². The van der Waals surface area contributed by atoms with Crippen molar-refractivity contribution in [3.8, 4) is 17.0 Å². The van der Waals surface area contributed by atoms with E-state index < -0.39 is 0 Å². The second kappa shape index (κ2) is 9.36. The Hall–Kier alpha value is -3.10. The van der Waals surface area contributed by atoms with Crippen LogP contribution in [0.5, 0.6) is 5.75 Å². The lowest BCUT2D eigenvalue weighted by atomic mass is 10.1. The molecule has 0 radical (unpaired) electrons. The summed E-state index contributed by atoms with van der Waals surface area (Å²) < 4.78 is 7.30. The topological polar surface area (TPSA) is 68.0 Å². The maximum Gasteiger partial charge on any atom is 0.262 e. The van der Waals surface area contributed by atoms with Crippen molar-refractivity contribution in [3.63, 3.8) is 0 Å². The number of thioether (sulfide) groups is 1. The van der Waals surface area contributed by atoms with Crippen LogP contribution in [0.4, 0.5) is 5.69 Å². The third-order valence-corrected chi connectivity index (χ3v) is 6.11. The van der Waals surface area contributed by atoms with Crippen LogP contribution in [0.1, 0.15) is 12.5 Å². The number of fused-ring (bicyclic) bond motifs is 1. The largest absolute Gasteiger partial charge is 0.482 e. The van der Waals surface area contributed by atoms with Gasteiger partial charge in [0, 0.05) is 15.8 Å². The molecule has 2 heterocycles. The molecule has 3 aromatic rings. The number of benzene rings is 2. The zero-order valence-corrected chi connectivity index (χ0v) is 18.9. The van der Waals surface area contributed by atoms with Crippen molar-refractivity contribution in [2.24, 2.45) is 10.1 Å². The SMILES string of the molecule is C=C(C)CN=c1scc(-c2ccc3c(c2)NC(=O)CO3)n1N=Cc1ccc(SC)cc1. The Bertz CT molecular complexity index is 1220. The second-order valence-electron chi connectivity index (χ2n) is 7.05. The molecule has 0 bridgehead atoms. The van der Waals surface area contributed by atoms with Crippen LogP contribution in [0.3, 0.4) is 0 Å². The fraction of sp³-hybridized carbons (Fsp3) is 0.174. The zero-order valence-electron chi connectivity index (χ0n) is 17.3. The molecular weight excluding hydrogens is 428 g/mol. The second-order valence-corrected chi connectivity index (χ2v) is 8.77. The van der Waals surface area contributed by atoms with Gasteiger partial charge in [-0.2, -0.15) is 5.10 Å². The monoisotopic (exact) mass is 450 g/mol. The number of hydrogen-bond acceptors (Lipinski definition) is 6. The predicted molar refractivity (Wildman–Crippen MR) is 128 cm³/mol. The molecule has 0 unspecified atom stereocenters. The van der Waals surface area contributed by atoms with Crippen LogP contribution in [0.15, 0.2) is 75.0 Å². The molecule has 1 aliphatic heterocycles. The molecule has 158 valence electrons. The van der Waals surface area contributed by atoms with Gasteiger partial charge in [-0.15, -0.1) is 23.1 Å². The standard InChI is InChI=1S/C23H22N4O2S2/c1-15(2)11-24-23-27(25-12-16-4-7-18(30-3)8-5-16)20(14-31-23)17-6-9-21-19(10-17)26-22(28)13-29-21/h4-10,12,14H,1,11,13H2,2-3H3,(H,26,28). The third-order valence-electron chi connectivity index (χ3n) is 4.52. The van der Waals surface area contributed by atoms with Gasteiger partial charge in [0.2, 0.25) is 4.80 Å². The molecular formula is C23H22N4O2S2. The fourth-order valence-electron chi connectivity index (χ4n) is 2.98. The van der Waals surface area contributed by atoms with Gasteiger partial charge < -0.3 is 10.1 Å². The summed E-state index contributed by atoms with van der Waals surface area (Å²) in [6.07, 6.45) is 3.88. The maximum absolute atomic E-state index is 11.7. The lowest BCUT2D eigenvalue weighted by Crippen LogP contribution is -2.25. The van der Waals surface area contributed by atoms with Gasteiger partial charge >= 0.3 is 0 Å². The lowest BCUT2D eigenvalue weighted by molar-refractivity contribution is -0.118. The fourth-order valence-corrected chi connectivity index (χ4v) is 4.22. The van der Waals surface area contributed by atoms with E-state index in [2.05, 4.69) is 35.3 Å². The molecule has 0 atom stereocenters. The first-order valence-electron chi connectivity index (χ1n) is 9.64. The van der Waals surface area contributed by atoms with Crippen molar-refractivity contribution in [2.75, 3.05) is 24.7 Å². The molecule has 1 aromatic heterocycles. The number of carbonyl (C=O) groups excluding carboxylic acids is 1. The summed E-state index contributed by atoms with van der Waals surface area (Å²) in [7, 11) is 0. The van der Waals surface area contributed by atoms with Crippen molar-refractivity contribution in [1.82, 2.24) is 4.68 Å². The number of rotatable bonds is 6. The Morgan fingerprint density at radius 1 is 1.32 bits per heavy atom. The molecule has 0 aliphatic carbocycles. The molecule has 1 amide bonds. The molecule has 8 heteroatoms. The van der Waals surface area contributed by atoms with Gasteiger partial charge in [0.05, 0.1) is 24.1 Å². The van der Waals surface area contributed by atoms with E-state index in [4.69, 9.17) is 9.84 Å². The minimum Gasteiger partial charge on any atom is -0.482 e. The predicted octanol–water partition coefficient (Wildman–Crippen LogP) is 4.63. The summed E-state index contributed by atoms with van der Waals surface area (Å²) in [6, 6.07) is 13.9.